The van der Waals surface area contributed by atoms with Gasteiger partial charge in [0.05, 0.1) is 0 Å². The Morgan fingerprint density at radius 1 is 1.11 bits per heavy atom. The molecule has 27 heavy (non-hydrogen) atoms. The Bertz CT molecular complexity index is 949. The maximum Gasteiger partial charge on any atom is 0.273 e. The molecule has 3 aromatic rings. The minimum absolute atomic E-state index is 0.00482. The summed E-state index contributed by atoms with van der Waals surface area (Å²) in [7, 11) is 0. The van der Waals surface area contributed by atoms with Crippen LogP contribution in [0.25, 0.3) is 10.6 Å². The number of nitrogens with zero attached hydrogens (tertiary/aromatic N) is 4. The fraction of sp³-hybridized carbons (Fsp3) is 0.250. The number of piperazine rings is 1. The maximum absolute atomic E-state index is 12.8. The zero-order chi connectivity index (χ0) is 18.8. The van der Waals surface area contributed by atoms with Gasteiger partial charge in [0.2, 0.25) is 0 Å². The number of anilines is 1. The molecule has 1 amide bonds. The van der Waals surface area contributed by atoms with Gasteiger partial charge in [-0.1, -0.05) is 11.6 Å². The largest absolute Gasteiger partial charge is 0.368 e. The van der Waals surface area contributed by atoms with E-state index in [0.717, 1.165) is 39.9 Å². The molecule has 0 bridgehead atoms. The lowest BCUT2D eigenvalue weighted by Gasteiger charge is -2.35. The second-order valence-corrected chi connectivity index (χ2v) is 7.78. The van der Waals surface area contributed by atoms with Gasteiger partial charge in [-0.05, 0) is 42.8 Å². The Hall–Kier alpha value is -2.44. The lowest BCUT2D eigenvalue weighted by atomic mass is 10.2. The minimum atomic E-state index is -0.00482. The van der Waals surface area contributed by atoms with E-state index in [2.05, 4.69) is 14.9 Å². The number of hydrogen-bond acceptors (Lipinski definition) is 5. The summed E-state index contributed by atoms with van der Waals surface area (Å²) in [5.41, 5.74) is 3.73. The molecular weight excluding hydrogens is 380 g/mol. The predicted molar refractivity (Wildman–Crippen MR) is 110 cm³/mol. The fourth-order valence-corrected chi connectivity index (χ4v) is 4.16. The molecule has 1 aromatic carbocycles. The first kappa shape index (κ1) is 17.9. The predicted octanol–water partition coefficient (Wildman–Crippen LogP) is 4.13. The highest BCUT2D eigenvalue weighted by molar-refractivity contribution is 7.13. The molecule has 138 valence electrons. The number of hydrogen-bond donors (Lipinski definition) is 0. The summed E-state index contributed by atoms with van der Waals surface area (Å²) in [6.07, 6.45) is 3.56. The van der Waals surface area contributed by atoms with Gasteiger partial charge in [-0.2, -0.15) is 0 Å². The number of aromatic nitrogens is 2. The Balaban J connectivity index is 1.43. The molecular formula is C20H19ClN4OS. The van der Waals surface area contributed by atoms with E-state index in [1.165, 1.54) is 11.3 Å². The molecule has 0 radical (unpaired) electrons. The summed E-state index contributed by atoms with van der Waals surface area (Å²) < 4.78 is 0. The van der Waals surface area contributed by atoms with Gasteiger partial charge in [-0.15, -0.1) is 11.3 Å². The van der Waals surface area contributed by atoms with E-state index in [1.54, 1.807) is 12.4 Å². The van der Waals surface area contributed by atoms with Crippen molar-refractivity contribution in [3.63, 3.8) is 0 Å². The van der Waals surface area contributed by atoms with Crippen LogP contribution in [0.4, 0.5) is 5.69 Å². The quantitative estimate of drug-likeness (QED) is 0.665. The normalized spacial score (nSPS) is 14.4. The van der Waals surface area contributed by atoms with E-state index in [4.69, 9.17) is 11.6 Å². The summed E-state index contributed by atoms with van der Waals surface area (Å²) in [6, 6.07) is 9.77. The first-order chi connectivity index (χ1) is 13.1. The molecule has 1 aliphatic rings. The van der Waals surface area contributed by atoms with Crippen LogP contribution in [0.2, 0.25) is 5.02 Å². The number of halogens is 1. The standard InChI is InChI=1S/C20H19ClN4OS/c1-14-6-7-22-12-17(14)19-23-18(13-27-19)20(26)25-10-8-24(9-11-25)16-4-2-15(21)3-5-16/h2-7,12-13H,8-11H2,1H3. The average Bonchev–Trinajstić information content (AvgIpc) is 3.18. The summed E-state index contributed by atoms with van der Waals surface area (Å²) >= 11 is 7.44. The highest BCUT2D eigenvalue weighted by Crippen LogP contribution is 2.27. The van der Waals surface area contributed by atoms with Gasteiger partial charge >= 0.3 is 0 Å². The number of carbonyl (C=O) groups is 1. The van der Waals surface area contributed by atoms with Crippen LogP contribution >= 0.6 is 22.9 Å². The highest BCUT2D eigenvalue weighted by Gasteiger charge is 2.24. The Morgan fingerprint density at radius 2 is 1.85 bits per heavy atom. The molecule has 0 unspecified atom stereocenters. The van der Waals surface area contributed by atoms with Crippen molar-refractivity contribution in [3.8, 4) is 10.6 Å². The summed E-state index contributed by atoms with van der Waals surface area (Å²) in [6.45, 7) is 4.98. The van der Waals surface area contributed by atoms with E-state index < -0.39 is 0 Å². The molecule has 0 spiro atoms. The van der Waals surface area contributed by atoms with E-state index in [0.29, 0.717) is 18.8 Å². The third kappa shape index (κ3) is 3.82. The van der Waals surface area contributed by atoms with Crippen LogP contribution in [0, 0.1) is 6.92 Å². The molecule has 0 N–H and O–H groups in total. The van der Waals surface area contributed by atoms with Crippen LogP contribution in [0.1, 0.15) is 16.1 Å². The van der Waals surface area contributed by atoms with Crippen molar-refractivity contribution >= 4 is 34.5 Å². The molecule has 1 aliphatic heterocycles. The number of thiazole rings is 1. The highest BCUT2D eigenvalue weighted by atomic mass is 35.5. The summed E-state index contributed by atoms with van der Waals surface area (Å²) in [4.78, 5) is 25.7. The number of rotatable bonds is 3. The first-order valence-electron chi connectivity index (χ1n) is 8.78. The van der Waals surface area contributed by atoms with Gasteiger partial charge in [0.15, 0.2) is 0 Å². The maximum atomic E-state index is 12.8. The summed E-state index contributed by atoms with van der Waals surface area (Å²) in [5, 5.41) is 3.41. The molecule has 7 heteroatoms. The number of amides is 1. The van der Waals surface area contributed by atoms with Gasteiger partial charge in [-0.25, -0.2) is 4.98 Å². The third-order valence-corrected chi connectivity index (χ3v) is 5.88. The van der Waals surface area contributed by atoms with Crippen molar-refractivity contribution in [1.82, 2.24) is 14.9 Å². The Kier molecular flexibility index (Phi) is 5.09. The third-order valence-electron chi connectivity index (χ3n) is 4.75. The SMILES string of the molecule is Cc1ccncc1-c1nc(C(=O)N2CCN(c3ccc(Cl)cc3)CC2)cs1. The number of pyridine rings is 1. The zero-order valence-electron chi connectivity index (χ0n) is 14.9. The molecule has 0 aliphatic carbocycles. The van der Waals surface area contributed by atoms with Crippen molar-refractivity contribution < 1.29 is 4.79 Å². The number of carbonyl (C=O) groups excluding carboxylic acids is 1. The van der Waals surface area contributed by atoms with Crippen molar-refractivity contribution in [2.24, 2.45) is 0 Å². The lowest BCUT2D eigenvalue weighted by Crippen LogP contribution is -2.48. The van der Waals surface area contributed by atoms with E-state index in [-0.39, 0.29) is 5.91 Å². The minimum Gasteiger partial charge on any atom is -0.368 e. The van der Waals surface area contributed by atoms with Crippen LogP contribution in [0.15, 0.2) is 48.1 Å². The first-order valence-corrected chi connectivity index (χ1v) is 10.0. The van der Waals surface area contributed by atoms with Crippen molar-refractivity contribution in [1.29, 1.82) is 0 Å². The molecule has 0 atom stereocenters. The molecule has 3 heterocycles. The van der Waals surface area contributed by atoms with E-state index in [9.17, 15) is 4.79 Å². The fourth-order valence-electron chi connectivity index (χ4n) is 3.17. The van der Waals surface area contributed by atoms with Crippen molar-refractivity contribution in [2.45, 2.75) is 6.92 Å². The van der Waals surface area contributed by atoms with Gasteiger partial charge in [0.25, 0.3) is 5.91 Å². The molecule has 4 rings (SSSR count). The van der Waals surface area contributed by atoms with Gasteiger partial charge in [0.1, 0.15) is 10.7 Å². The van der Waals surface area contributed by atoms with Crippen LogP contribution in [0.5, 0.6) is 0 Å². The molecule has 1 fully saturated rings. The molecule has 0 saturated carbocycles. The van der Waals surface area contributed by atoms with Crippen LogP contribution in [-0.2, 0) is 0 Å². The molecule has 2 aromatic heterocycles. The number of aryl methyl sites for hydroxylation is 1. The van der Waals surface area contributed by atoms with E-state index >= 15 is 0 Å². The lowest BCUT2D eigenvalue weighted by molar-refractivity contribution is 0.0742. The van der Waals surface area contributed by atoms with Gasteiger partial charge < -0.3 is 9.80 Å². The van der Waals surface area contributed by atoms with Crippen LogP contribution < -0.4 is 4.90 Å². The topological polar surface area (TPSA) is 49.3 Å². The average molecular weight is 399 g/mol. The van der Waals surface area contributed by atoms with Gasteiger partial charge in [-0.3, -0.25) is 9.78 Å². The van der Waals surface area contributed by atoms with Crippen LogP contribution in [0.3, 0.4) is 0 Å². The van der Waals surface area contributed by atoms with Gasteiger partial charge in [0, 0.05) is 60.2 Å². The van der Waals surface area contributed by atoms with Crippen LogP contribution in [-0.4, -0.2) is 47.0 Å². The number of benzene rings is 1. The Labute approximate surface area is 167 Å². The molecule has 1 saturated heterocycles. The van der Waals surface area contributed by atoms with Crippen molar-refractivity contribution in [3.05, 3.63) is 64.4 Å². The van der Waals surface area contributed by atoms with E-state index in [1.807, 2.05) is 47.5 Å². The monoisotopic (exact) mass is 398 g/mol. The summed E-state index contributed by atoms with van der Waals surface area (Å²) in [5.74, 6) is -0.00482. The van der Waals surface area contributed by atoms with Crippen molar-refractivity contribution in [2.75, 3.05) is 31.1 Å². The molecule has 5 nitrogen and oxygen atoms in total. The smallest absolute Gasteiger partial charge is 0.273 e. The second-order valence-electron chi connectivity index (χ2n) is 6.48. The zero-order valence-corrected chi connectivity index (χ0v) is 16.5. The Morgan fingerprint density at radius 3 is 2.56 bits per heavy atom. The second kappa shape index (κ2) is 7.66.